The molecule has 16 heavy (non-hydrogen) atoms. The summed E-state index contributed by atoms with van der Waals surface area (Å²) < 4.78 is 7.56. The van der Waals surface area contributed by atoms with E-state index < -0.39 is 0 Å². The first-order chi connectivity index (χ1) is 7.86. The van der Waals surface area contributed by atoms with Crippen molar-refractivity contribution in [2.75, 3.05) is 18.9 Å². The van der Waals surface area contributed by atoms with Gasteiger partial charge in [0, 0.05) is 12.8 Å². The van der Waals surface area contributed by atoms with Crippen LogP contribution in [-0.4, -0.2) is 27.7 Å². The van der Waals surface area contributed by atoms with Crippen LogP contribution in [0.2, 0.25) is 0 Å². The van der Waals surface area contributed by atoms with E-state index in [4.69, 9.17) is 10.5 Å². The van der Waals surface area contributed by atoms with Crippen LogP contribution in [0, 0.1) is 0 Å². The van der Waals surface area contributed by atoms with Crippen LogP contribution in [0.1, 0.15) is 18.9 Å². The molecule has 0 aromatic carbocycles. The van der Waals surface area contributed by atoms with Gasteiger partial charge in [-0.15, -0.1) is 0 Å². The van der Waals surface area contributed by atoms with E-state index in [1.54, 1.807) is 12.4 Å². The van der Waals surface area contributed by atoms with E-state index >= 15 is 0 Å². The fourth-order valence-corrected chi connectivity index (χ4v) is 2.28. The summed E-state index contributed by atoms with van der Waals surface area (Å²) in [5.41, 5.74) is 7.85. The van der Waals surface area contributed by atoms with Gasteiger partial charge in [0.15, 0.2) is 0 Å². The van der Waals surface area contributed by atoms with Gasteiger partial charge in [-0.05, 0) is 18.9 Å². The lowest BCUT2D eigenvalue weighted by molar-refractivity contribution is 0.0611. The number of nitrogens with two attached hydrogens (primary N) is 1. The maximum atomic E-state index is 5.95. The van der Waals surface area contributed by atoms with Crippen LogP contribution in [0.5, 0.6) is 0 Å². The van der Waals surface area contributed by atoms with Gasteiger partial charge < -0.3 is 15.0 Å². The number of fused-ring (bicyclic) bond motifs is 1. The van der Waals surface area contributed by atoms with Gasteiger partial charge in [0.2, 0.25) is 5.95 Å². The predicted molar refractivity (Wildman–Crippen MR) is 61.0 cm³/mol. The Hall–Kier alpha value is -1.62. The highest BCUT2D eigenvalue weighted by Gasteiger charge is 2.20. The van der Waals surface area contributed by atoms with Gasteiger partial charge in [-0.1, -0.05) is 0 Å². The first-order valence-corrected chi connectivity index (χ1v) is 5.51. The van der Waals surface area contributed by atoms with E-state index in [0.29, 0.717) is 12.0 Å². The first kappa shape index (κ1) is 9.59. The van der Waals surface area contributed by atoms with Crippen LogP contribution < -0.4 is 5.73 Å². The van der Waals surface area contributed by atoms with Gasteiger partial charge >= 0.3 is 0 Å². The normalized spacial score (nSPS) is 21.4. The summed E-state index contributed by atoms with van der Waals surface area (Å²) in [6.45, 7) is 1.57. The van der Waals surface area contributed by atoms with Crippen LogP contribution in [0.25, 0.3) is 11.0 Å². The summed E-state index contributed by atoms with van der Waals surface area (Å²) in [5.74, 6) is 0.554. The van der Waals surface area contributed by atoms with Crippen molar-refractivity contribution in [2.45, 2.75) is 18.9 Å². The fraction of sp³-hybridized carbons (Fsp3) is 0.455. The Bertz CT molecular complexity index is 502. The Balaban J connectivity index is 2.10. The van der Waals surface area contributed by atoms with Gasteiger partial charge in [0.1, 0.15) is 5.52 Å². The number of nitrogen functional groups attached to an aromatic ring is 1. The molecule has 5 heteroatoms. The van der Waals surface area contributed by atoms with Gasteiger partial charge in [-0.3, -0.25) is 4.98 Å². The summed E-state index contributed by atoms with van der Waals surface area (Å²) in [6.07, 6.45) is 5.68. The third-order valence-corrected chi connectivity index (χ3v) is 3.02. The molecular formula is C11H14N4O. The molecule has 84 valence electrons. The molecule has 2 N–H and O–H groups in total. The average Bonchev–Trinajstić information content (AvgIpc) is 2.66. The number of anilines is 1. The third kappa shape index (κ3) is 1.44. The van der Waals surface area contributed by atoms with Crippen LogP contribution in [-0.2, 0) is 4.74 Å². The molecule has 0 aliphatic carbocycles. The summed E-state index contributed by atoms with van der Waals surface area (Å²) in [5, 5.41) is 0. The summed E-state index contributed by atoms with van der Waals surface area (Å²) in [7, 11) is 0. The lowest BCUT2D eigenvalue weighted by Gasteiger charge is -2.24. The minimum atomic E-state index is 0.307. The Morgan fingerprint density at radius 3 is 3.25 bits per heavy atom. The number of hydrogen-bond acceptors (Lipinski definition) is 4. The van der Waals surface area contributed by atoms with Crippen LogP contribution >= 0.6 is 0 Å². The molecule has 0 radical (unpaired) electrons. The molecule has 1 aliphatic rings. The second-order valence-corrected chi connectivity index (χ2v) is 4.08. The van der Waals surface area contributed by atoms with Crippen molar-refractivity contribution >= 4 is 17.0 Å². The topological polar surface area (TPSA) is 66.0 Å². The van der Waals surface area contributed by atoms with Gasteiger partial charge in [0.05, 0.1) is 24.4 Å². The first-order valence-electron chi connectivity index (χ1n) is 5.51. The van der Waals surface area contributed by atoms with Gasteiger partial charge in [-0.25, -0.2) is 4.98 Å². The highest BCUT2D eigenvalue weighted by molar-refractivity contribution is 5.77. The molecule has 1 saturated heterocycles. The molecule has 1 unspecified atom stereocenters. The second-order valence-electron chi connectivity index (χ2n) is 4.08. The van der Waals surface area contributed by atoms with Crippen molar-refractivity contribution in [3.05, 3.63) is 18.5 Å². The largest absolute Gasteiger partial charge is 0.379 e. The quantitative estimate of drug-likeness (QED) is 0.785. The van der Waals surface area contributed by atoms with Gasteiger partial charge in [-0.2, -0.15) is 0 Å². The summed E-state index contributed by atoms with van der Waals surface area (Å²) >= 11 is 0. The lowest BCUT2D eigenvalue weighted by atomic mass is 10.1. The minimum Gasteiger partial charge on any atom is -0.379 e. The smallest absolute Gasteiger partial charge is 0.201 e. The van der Waals surface area contributed by atoms with E-state index in [1.165, 1.54) is 0 Å². The van der Waals surface area contributed by atoms with Crippen LogP contribution in [0.4, 0.5) is 5.95 Å². The number of nitrogens with zero attached hydrogens (tertiary/aromatic N) is 3. The Kier molecular flexibility index (Phi) is 2.25. The molecule has 1 fully saturated rings. The number of hydrogen-bond donors (Lipinski definition) is 1. The van der Waals surface area contributed by atoms with E-state index in [9.17, 15) is 0 Å². The number of ether oxygens (including phenoxy) is 1. The molecule has 3 heterocycles. The van der Waals surface area contributed by atoms with Crippen molar-refractivity contribution in [3.63, 3.8) is 0 Å². The zero-order valence-corrected chi connectivity index (χ0v) is 8.97. The van der Waals surface area contributed by atoms with E-state index in [-0.39, 0.29) is 0 Å². The van der Waals surface area contributed by atoms with E-state index in [0.717, 1.165) is 37.1 Å². The van der Waals surface area contributed by atoms with E-state index in [1.807, 2.05) is 6.07 Å². The lowest BCUT2D eigenvalue weighted by Crippen LogP contribution is -2.22. The molecule has 5 nitrogen and oxygen atoms in total. The molecule has 3 rings (SSSR count). The predicted octanol–water partition coefficient (Wildman–Crippen LogP) is 1.36. The van der Waals surface area contributed by atoms with Crippen molar-refractivity contribution < 1.29 is 4.74 Å². The standard InChI is InChI=1S/C11H14N4O/c12-11-14-9-6-13-4-3-10(9)15(11)8-2-1-5-16-7-8/h3-4,6,8H,1-2,5,7H2,(H2,12,14). The highest BCUT2D eigenvalue weighted by Crippen LogP contribution is 2.27. The molecule has 1 atom stereocenters. The summed E-state index contributed by atoms with van der Waals surface area (Å²) in [4.78, 5) is 8.36. The zero-order chi connectivity index (χ0) is 11.0. The maximum Gasteiger partial charge on any atom is 0.201 e. The van der Waals surface area contributed by atoms with Gasteiger partial charge in [0.25, 0.3) is 0 Å². The van der Waals surface area contributed by atoms with Crippen molar-refractivity contribution in [2.24, 2.45) is 0 Å². The molecule has 2 aromatic heterocycles. The number of pyridine rings is 1. The molecule has 2 aromatic rings. The fourth-order valence-electron chi connectivity index (χ4n) is 2.28. The highest BCUT2D eigenvalue weighted by atomic mass is 16.5. The molecule has 0 bridgehead atoms. The maximum absolute atomic E-state index is 5.95. The monoisotopic (exact) mass is 218 g/mol. The van der Waals surface area contributed by atoms with Crippen LogP contribution in [0.3, 0.4) is 0 Å². The molecular weight excluding hydrogens is 204 g/mol. The number of aromatic nitrogens is 3. The van der Waals surface area contributed by atoms with Crippen LogP contribution in [0.15, 0.2) is 18.5 Å². The van der Waals surface area contributed by atoms with Crippen molar-refractivity contribution in [1.29, 1.82) is 0 Å². The zero-order valence-electron chi connectivity index (χ0n) is 8.97. The Morgan fingerprint density at radius 1 is 1.50 bits per heavy atom. The Labute approximate surface area is 93.2 Å². The average molecular weight is 218 g/mol. The molecule has 0 spiro atoms. The molecule has 1 aliphatic heterocycles. The van der Waals surface area contributed by atoms with Crippen molar-refractivity contribution in [1.82, 2.24) is 14.5 Å². The Morgan fingerprint density at radius 2 is 2.44 bits per heavy atom. The number of rotatable bonds is 1. The summed E-state index contributed by atoms with van der Waals surface area (Å²) in [6, 6.07) is 2.26. The SMILES string of the molecule is Nc1nc2cnccc2n1C1CCCOC1. The molecule has 0 saturated carbocycles. The van der Waals surface area contributed by atoms with E-state index in [2.05, 4.69) is 14.5 Å². The molecule has 0 amide bonds. The number of imidazole rings is 1. The van der Waals surface area contributed by atoms with Crippen molar-refractivity contribution in [3.8, 4) is 0 Å². The third-order valence-electron chi connectivity index (χ3n) is 3.02. The minimum absolute atomic E-state index is 0.307. The second kappa shape index (κ2) is 3.75.